The average molecular weight is 372 g/mol. The van der Waals surface area contributed by atoms with Gasteiger partial charge in [-0.1, -0.05) is 37.0 Å². The van der Waals surface area contributed by atoms with Gasteiger partial charge in [-0.25, -0.2) is 4.39 Å². The Labute approximate surface area is 147 Å². The van der Waals surface area contributed by atoms with Gasteiger partial charge in [0.05, 0.1) is 5.02 Å². The maximum Gasteiger partial charge on any atom is 0.148 e. The fraction of sp³-hybridized carbons (Fsp3) is 0.600. The molecule has 1 fully saturated rings. The zero-order chi connectivity index (χ0) is 15.6. The molecule has 126 valence electrons. The van der Waals surface area contributed by atoms with Gasteiger partial charge >= 0.3 is 0 Å². The molecule has 0 bridgehead atoms. The molecule has 0 amide bonds. The number of piperazine rings is 1. The first-order valence-electron chi connectivity index (χ1n) is 7.07. The van der Waals surface area contributed by atoms with Crippen LogP contribution >= 0.6 is 35.6 Å². The minimum atomic E-state index is -0.535. The Morgan fingerprint density at radius 2 is 1.82 bits per heavy atom. The molecule has 1 aromatic rings. The number of halogens is 4. The van der Waals surface area contributed by atoms with Gasteiger partial charge in [-0.3, -0.25) is 4.90 Å². The lowest BCUT2D eigenvalue weighted by molar-refractivity contribution is 0.0287. The third kappa shape index (κ3) is 4.05. The maximum absolute atomic E-state index is 14.6. The summed E-state index contributed by atoms with van der Waals surface area (Å²) in [5, 5.41) is 13.4. The van der Waals surface area contributed by atoms with E-state index in [0.29, 0.717) is 10.6 Å². The van der Waals surface area contributed by atoms with Crippen LogP contribution < -0.4 is 5.32 Å². The van der Waals surface area contributed by atoms with Crippen LogP contribution in [0.25, 0.3) is 0 Å². The first kappa shape index (κ1) is 19.9. The second-order valence-electron chi connectivity index (χ2n) is 6.09. The Balaban J connectivity index is 0.00000242. The van der Waals surface area contributed by atoms with Crippen molar-refractivity contribution in [3.63, 3.8) is 0 Å². The monoisotopic (exact) mass is 370 g/mol. The molecule has 1 heterocycles. The lowest BCUT2D eigenvalue weighted by Gasteiger charge is -2.43. The number of aliphatic hydroxyl groups excluding tert-OH is 1. The lowest BCUT2D eigenvalue weighted by Crippen LogP contribution is -2.50. The summed E-state index contributed by atoms with van der Waals surface area (Å²) in [5.41, 5.74) is -0.155. The third-order valence-corrected chi connectivity index (χ3v) is 4.64. The smallest absolute Gasteiger partial charge is 0.148 e. The van der Waals surface area contributed by atoms with Gasteiger partial charge in [-0.15, -0.1) is 12.4 Å². The van der Waals surface area contributed by atoms with Crippen molar-refractivity contribution in [2.45, 2.75) is 19.9 Å². The first-order valence-corrected chi connectivity index (χ1v) is 7.83. The van der Waals surface area contributed by atoms with E-state index in [9.17, 15) is 9.50 Å². The molecule has 1 atom stereocenters. The molecule has 22 heavy (non-hydrogen) atoms. The van der Waals surface area contributed by atoms with Gasteiger partial charge < -0.3 is 10.4 Å². The van der Waals surface area contributed by atoms with E-state index in [4.69, 9.17) is 23.2 Å². The van der Waals surface area contributed by atoms with Crippen molar-refractivity contribution in [3.8, 4) is 0 Å². The zero-order valence-electron chi connectivity index (χ0n) is 12.7. The minimum Gasteiger partial charge on any atom is -0.396 e. The topological polar surface area (TPSA) is 35.5 Å². The van der Waals surface area contributed by atoms with Gasteiger partial charge in [0.15, 0.2) is 0 Å². The highest BCUT2D eigenvalue weighted by Crippen LogP contribution is 2.43. The fourth-order valence-electron chi connectivity index (χ4n) is 2.89. The molecule has 0 aromatic heterocycles. The highest BCUT2D eigenvalue weighted by Gasteiger charge is 2.38. The summed E-state index contributed by atoms with van der Waals surface area (Å²) >= 11 is 12.2. The van der Waals surface area contributed by atoms with Crippen molar-refractivity contribution in [1.29, 1.82) is 0 Å². The van der Waals surface area contributed by atoms with Gasteiger partial charge in [-0.2, -0.15) is 0 Å². The number of hydrogen-bond donors (Lipinski definition) is 2. The van der Waals surface area contributed by atoms with Gasteiger partial charge in [0, 0.05) is 54.8 Å². The number of hydrogen-bond acceptors (Lipinski definition) is 3. The Kier molecular flexibility index (Phi) is 7.37. The Hall–Kier alpha value is -0.100. The molecule has 3 nitrogen and oxygen atoms in total. The summed E-state index contributed by atoms with van der Waals surface area (Å²) in [7, 11) is 0. The van der Waals surface area contributed by atoms with E-state index in [1.807, 2.05) is 13.8 Å². The minimum absolute atomic E-state index is 0. The van der Waals surface area contributed by atoms with Crippen molar-refractivity contribution < 1.29 is 9.50 Å². The molecule has 0 unspecified atom stereocenters. The van der Waals surface area contributed by atoms with Gasteiger partial charge in [0.1, 0.15) is 5.82 Å². The average Bonchev–Trinajstić information content (AvgIpc) is 2.48. The normalized spacial score (nSPS) is 17.9. The summed E-state index contributed by atoms with van der Waals surface area (Å²) in [4.78, 5) is 2.16. The van der Waals surface area contributed by atoms with Crippen molar-refractivity contribution in [2.24, 2.45) is 5.41 Å². The summed E-state index contributed by atoms with van der Waals surface area (Å²) < 4.78 is 14.6. The van der Waals surface area contributed by atoms with Crippen LogP contribution in [0.3, 0.4) is 0 Å². The molecule has 1 aliphatic rings. The predicted octanol–water partition coefficient (Wildman–Crippen LogP) is 3.52. The molecule has 7 heteroatoms. The molecule has 0 saturated carbocycles. The molecule has 0 spiro atoms. The molecule has 0 aliphatic carbocycles. The van der Waals surface area contributed by atoms with Crippen molar-refractivity contribution in [2.75, 3.05) is 32.8 Å². The molecular weight excluding hydrogens is 350 g/mol. The quantitative estimate of drug-likeness (QED) is 0.795. The van der Waals surface area contributed by atoms with Crippen molar-refractivity contribution in [1.82, 2.24) is 10.2 Å². The molecule has 0 radical (unpaired) electrons. The van der Waals surface area contributed by atoms with E-state index < -0.39 is 11.2 Å². The van der Waals surface area contributed by atoms with Crippen molar-refractivity contribution in [3.05, 3.63) is 33.6 Å². The van der Waals surface area contributed by atoms with Crippen LogP contribution in [0.4, 0.5) is 4.39 Å². The number of nitrogens with one attached hydrogen (secondary N) is 1. The van der Waals surface area contributed by atoms with Crippen LogP contribution in [-0.4, -0.2) is 42.8 Å². The van der Waals surface area contributed by atoms with E-state index >= 15 is 0 Å². The molecule has 2 N–H and O–H groups in total. The van der Waals surface area contributed by atoms with Crippen LogP contribution in [0.1, 0.15) is 25.5 Å². The fourth-order valence-corrected chi connectivity index (χ4v) is 3.30. The van der Waals surface area contributed by atoms with E-state index in [2.05, 4.69) is 10.2 Å². The Bertz CT molecular complexity index is 508. The van der Waals surface area contributed by atoms with Gasteiger partial charge in [-0.05, 0) is 12.1 Å². The van der Waals surface area contributed by atoms with Crippen LogP contribution in [-0.2, 0) is 0 Å². The second kappa shape index (κ2) is 8.13. The largest absolute Gasteiger partial charge is 0.396 e. The van der Waals surface area contributed by atoms with Gasteiger partial charge in [0.2, 0.25) is 0 Å². The third-order valence-electron chi connectivity index (χ3n) is 4.02. The molecule has 1 aromatic carbocycles. The SMILES string of the molecule is CC(C)(CO)[C@@H](c1c(Cl)ccc(Cl)c1F)N1CCNCC1.Cl. The first-order chi connectivity index (χ1) is 9.88. The zero-order valence-corrected chi connectivity index (χ0v) is 15.0. The molecular formula is C15H22Cl3FN2O. The Morgan fingerprint density at radius 3 is 2.36 bits per heavy atom. The van der Waals surface area contributed by atoms with Gasteiger partial charge in [0.25, 0.3) is 0 Å². The van der Waals surface area contributed by atoms with E-state index in [0.717, 1.165) is 26.2 Å². The summed E-state index contributed by atoms with van der Waals surface area (Å²) in [6, 6.07) is 2.75. The van der Waals surface area contributed by atoms with Crippen LogP contribution in [0.5, 0.6) is 0 Å². The highest BCUT2D eigenvalue weighted by atomic mass is 35.5. The number of benzene rings is 1. The van der Waals surface area contributed by atoms with E-state index in [1.165, 1.54) is 6.07 Å². The standard InChI is InChI=1S/C15H21Cl2FN2O.ClH/c1-15(2,9-21)14(20-7-5-19-6-8-20)12-10(16)3-4-11(17)13(12)18;/h3-4,14,19,21H,5-9H2,1-2H3;1H/t14-;/m1./s1. The van der Waals surface area contributed by atoms with Crippen LogP contribution in [0.2, 0.25) is 10.0 Å². The van der Waals surface area contributed by atoms with Crippen LogP contribution in [0.15, 0.2) is 12.1 Å². The van der Waals surface area contributed by atoms with Crippen LogP contribution in [0, 0.1) is 11.2 Å². The second-order valence-corrected chi connectivity index (χ2v) is 6.91. The lowest BCUT2D eigenvalue weighted by atomic mass is 9.79. The van der Waals surface area contributed by atoms with E-state index in [1.54, 1.807) is 6.07 Å². The summed E-state index contributed by atoms with van der Waals surface area (Å²) in [5.74, 6) is -0.491. The number of nitrogens with zero attached hydrogens (tertiary/aromatic N) is 1. The molecule has 1 aliphatic heterocycles. The Morgan fingerprint density at radius 1 is 1.27 bits per heavy atom. The maximum atomic E-state index is 14.6. The molecule has 2 rings (SSSR count). The summed E-state index contributed by atoms with van der Waals surface area (Å²) in [6.07, 6.45) is 0. The highest BCUT2D eigenvalue weighted by molar-refractivity contribution is 6.33. The number of rotatable bonds is 4. The van der Waals surface area contributed by atoms with E-state index in [-0.39, 0.29) is 30.1 Å². The number of aliphatic hydroxyl groups is 1. The summed E-state index contributed by atoms with van der Waals surface area (Å²) in [6.45, 7) is 6.97. The molecule has 1 saturated heterocycles. The van der Waals surface area contributed by atoms with Crippen molar-refractivity contribution >= 4 is 35.6 Å². The predicted molar refractivity (Wildman–Crippen MR) is 91.7 cm³/mol.